The Hall–Kier alpha value is -0.160. The third kappa shape index (κ3) is 4.71. The lowest BCUT2D eigenvalue weighted by molar-refractivity contribution is 0.0906. The van der Waals surface area contributed by atoms with Crippen LogP contribution in [-0.2, 0) is 4.74 Å². The third-order valence-corrected chi connectivity index (χ3v) is 4.71. The van der Waals surface area contributed by atoms with Gasteiger partial charge in [-0.25, -0.2) is 0 Å². The zero-order valence-electron chi connectivity index (χ0n) is 13.3. The van der Waals surface area contributed by atoms with Gasteiger partial charge in [0.15, 0.2) is 0 Å². The number of ether oxygens (including phenoxy) is 1. The Morgan fingerprint density at radius 1 is 1.32 bits per heavy atom. The second kappa shape index (κ2) is 8.20. The van der Waals surface area contributed by atoms with Crippen LogP contribution in [0.2, 0.25) is 0 Å². The van der Waals surface area contributed by atoms with Gasteiger partial charge in [0, 0.05) is 44.9 Å². The molecule has 1 unspecified atom stereocenters. The molecule has 19 heavy (non-hydrogen) atoms. The van der Waals surface area contributed by atoms with E-state index >= 15 is 0 Å². The molecule has 0 aromatic heterocycles. The number of hydrogen-bond acceptors (Lipinski definition) is 4. The van der Waals surface area contributed by atoms with Crippen LogP contribution in [0.15, 0.2) is 0 Å². The monoisotopic (exact) mass is 271 g/mol. The molecule has 1 aliphatic rings. The number of likely N-dealkylation sites (N-methyl/N-ethyl adjacent to an activating group) is 1. The number of nitrogens with two attached hydrogens (primary N) is 1. The standard InChI is InChI=1S/C15H33N3O/c1-14(2)18-10-5-7-15(13-16,8-11-18)17(3)9-6-12-19-4/h14H,5-13,16H2,1-4H3. The normalized spacial score (nSPS) is 26.1. The second-order valence-electron chi connectivity index (χ2n) is 6.18. The zero-order chi connectivity index (χ0) is 14.3. The van der Waals surface area contributed by atoms with E-state index in [4.69, 9.17) is 10.5 Å². The highest BCUT2D eigenvalue weighted by Gasteiger charge is 2.35. The van der Waals surface area contributed by atoms with Gasteiger partial charge in [-0.2, -0.15) is 0 Å². The van der Waals surface area contributed by atoms with E-state index in [0.29, 0.717) is 6.04 Å². The van der Waals surface area contributed by atoms with E-state index in [1.54, 1.807) is 7.11 Å². The molecule has 4 heteroatoms. The molecule has 1 aliphatic heterocycles. The topological polar surface area (TPSA) is 41.7 Å². The average molecular weight is 271 g/mol. The quantitative estimate of drug-likeness (QED) is 0.713. The Morgan fingerprint density at radius 3 is 2.63 bits per heavy atom. The van der Waals surface area contributed by atoms with Gasteiger partial charge in [-0.15, -0.1) is 0 Å². The number of methoxy groups -OCH3 is 1. The van der Waals surface area contributed by atoms with Crippen molar-refractivity contribution < 1.29 is 4.74 Å². The van der Waals surface area contributed by atoms with Crippen LogP contribution < -0.4 is 5.73 Å². The Bertz CT molecular complexity index is 248. The number of likely N-dealkylation sites (tertiary alicyclic amines) is 1. The molecular formula is C15H33N3O. The van der Waals surface area contributed by atoms with Crippen molar-refractivity contribution in [2.24, 2.45) is 5.73 Å². The predicted molar refractivity (Wildman–Crippen MR) is 81.5 cm³/mol. The first kappa shape index (κ1) is 16.9. The molecule has 0 aromatic carbocycles. The van der Waals surface area contributed by atoms with Crippen molar-refractivity contribution >= 4 is 0 Å². The molecule has 0 spiro atoms. The molecule has 1 saturated heterocycles. The lowest BCUT2D eigenvalue weighted by Gasteiger charge is -2.41. The highest BCUT2D eigenvalue weighted by molar-refractivity contribution is 4.93. The van der Waals surface area contributed by atoms with E-state index in [0.717, 1.165) is 26.1 Å². The van der Waals surface area contributed by atoms with Crippen molar-refractivity contribution in [1.82, 2.24) is 9.80 Å². The molecule has 1 atom stereocenters. The molecule has 0 amide bonds. The first-order valence-electron chi connectivity index (χ1n) is 7.70. The average Bonchev–Trinajstić information content (AvgIpc) is 2.62. The van der Waals surface area contributed by atoms with Crippen LogP contribution in [0.1, 0.15) is 39.5 Å². The van der Waals surface area contributed by atoms with E-state index in [2.05, 4.69) is 30.7 Å². The largest absolute Gasteiger partial charge is 0.385 e. The van der Waals surface area contributed by atoms with Crippen molar-refractivity contribution in [3.8, 4) is 0 Å². The van der Waals surface area contributed by atoms with E-state index in [-0.39, 0.29) is 5.54 Å². The summed E-state index contributed by atoms with van der Waals surface area (Å²) in [7, 11) is 4.00. The van der Waals surface area contributed by atoms with Crippen molar-refractivity contribution in [3.63, 3.8) is 0 Å². The Labute approximate surface area is 119 Å². The van der Waals surface area contributed by atoms with Gasteiger partial charge in [-0.3, -0.25) is 4.90 Å². The summed E-state index contributed by atoms with van der Waals surface area (Å²) >= 11 is 0. The summed E-state index contributed by atoms with van der Waals surface area (Å²) < 4.78 is 5.15. The summed E-state index contributed by atoms with van der Waals surface area (Å²) in [6.45, 7) is 9.64. The summed E-state index contributed by atoms with van der Waals surface area (Å²) in [4.78, 5) is 5.07. The molecule has 1 heterocycles. The number of rotatable bonds is 7. The Kier molecular flexibility index (Phi) is 7.29. The minimum Gasteiger partial charge on any atom is -0.385 e. The van der Waals surface area contributed by atoms with Gasteiger partial charge >= 0.3 is 0 Å². The predicted octanol–water partition coefficient (Wildman–Crippen LogP) is 1.55. The van der Waals surface area contributed by atoms with Crippen LogP contribution in [0, 0.1) is 0 Å². The van der Waals surface area contributed by atoms with Crippen LogP contribution in [0.25, 0.3) is 0 Å². The number of nitrogens with zero attached hydrogens (tertiary/aromatic N) is 2. The molecule has 0 bridgehead atoms. The minimum absolute atomic E-state index is 0.192. The van der Waals surface area contributed by atoms with Crippen molar-refractivity contribution in [2.75, 3.05) is 46.9 Å². The smallest absolute Gasteiger partial charge is 0.0474 e. The summed E-state index contributed by atoms with van der Waals surface area (Å²) in [5, 5.41) is 0. The SMILES string of the molecule is COCCCN(C)C1(CN)CCCN(C(C)C)CC1. The molecule has 1 fully saturated rings. The Balaban J connectivity index is 2.58. The van der Waals surface area contributed by atoms with E-state index in [9.17, 15) is 0 Å². The van der Waals surface area contributed by atoms with Crippen molar-refractivity contribution in [3.05, 3.63) is 0 Å². The summed E-state index contributed by atoms with van der Waals surface area (Å²) in [6, 6.07) is 0.646. The Morgan fingerprint density at radius 2 is 2.05 bits per heavy atom. The fourth-order valence-corrected chi connectivity index (χ4v) is 3.14. The minimum atomic E-state index is 0.192. The van der Waals surface area contributed by atoms with Crippen LogP contribution >= 0.6 is 0 Å². The summed E-state index contributed by atoms with van der Waals surface area (Å²) in [6.07, 6.45) is 4.74. The van der Waals surface area contributed by atoms with Gasteiger partial charge in [0.25, 0.3) is 0 Å². The van der Waals surface area contributed by atoms with E-state index in [1.165, 1.54) is 32.4 Å². The maximum Gasteiger partial charge on any atom is 0.0474 e. The molecule has 0 saturated carbocycles. The molecule has 114 valence electrons. The summed E-state index contributed by atoms with van der Waals surface area (Å²) in [5.41, 5.74) is 6.33. The second-order valence-corrected chi connectivity index (χ2v) is 6.18. The molecular weight excluding hydrogens is 238 g/mol. The molecule has 1 rings (SSSR count). The first-order chi connectivity index (χ1) is 9.05. The summed E-state index contributed by atoms with van der Waals surface area (Å²) in [5.74, 6) is 0. The van der Waals surface area contributed by atoms with Crippen molar-refractivity contribution in [1.29, 1.82) is 0 Å². The van der Waals surface area contributed by atoms with Crippen molar-refractivity contribution in [2.45, 2.75) is 51.1 Å². The van der Waals surface area contributed by atoms with Crippen LogP contribution in [0.5, 0.6) is 0 Å². The van der Waals surface area contributed by atoms with Gasteiger partial charge < -0.3 is 15.4 Å². The molecule has 0 aromatic rings. The fourth-order valence-electron chi connectivity index (χ4n) is 3.14. The lowest BCUT2D eigenvalue weighted by Crippen LogP contribution is -2.53. The maximum atomic E-state index is 6.14. The third-order valence-electron chi connectivity index (χ3n) is 4.71. The molecule has 0 aliphatic carbocycles. The van der Waals surface area contributed by atoms with Crippen LogP contribution in [0.4, 0.5) is 0 Å². The first-order valence-corrected chi connectivity index (χ1v) is 7.70. The highest BCUT2D eigenvalue weighted by Crippen LogP contribution is 2.28. The van der Waals surface area contributed by atoms with Gasteiger partial charge in [0.2, 0.25) is 0 Å². The van der Waals surface area contributed by atoms with Crippen LogP contribution in [0.3, 0.4) is 0 Å². The molecule has 2 N–H and O–H groups in total. The van der Waals surface area contributed by atoms with E-state index < -0.39 is 0 Å². The van der Waals surface area contributed by atoms with Crippen LogP contribution in [-0.4, -0.2) is 68.3 Å². The van der Waals surface area contributed by atoms with Gasteiger partial charge in [0.1, 0.15) is 0 Å². The van der Waals surface area contributed by atoms with Gasteiger partial charge in [-0.05, 0) is 53.1 Å². The zero-order valence-corrected chi connectivity index (χ0v) is 13.3. The van der Waals surface area contributed by atoms with Gasteiger partial charge in [-0.1, -0.05) is 0 Å². The molecule has 4 nitrogen and oxygen atoms in total. The number of hydrogen-bond donors (Lipinski definition) is 1. The van der Waals surface area contributed by atoms with E-state index in [1.807, 2.05) is 0 Å². The highest BCUT2D eigenvalue weighted by atomic mass is 16.5. The lowest BCUT2D eigenvalue weighted by atomic mass is 9.88. The maximum absolute atomic E-state index is 6.14. The van der Waals surface area contributed by atoms with Gasteiger partial charge in [0.05, 0.1) is 0 Å². The fraction of sp³-hybridized carbons (Fsp3) is 1.00. The molecule has 0 radical (unpaired) electrons.